The first-order chi connectivity index (χ1) is 11.6. The van der Waals surface area contributed by atoms with Gasteiger partial charge in [0.1, 0.15) is 5.82 Å². The molecule has 1 amide bonds. The van der Waals surface area contributed by atoms with Crippen LogP contribution in [0.15, 0.2) is 30.6 Å². The molecule has 1 atom stereocenters. The third-order valence-corrected chi connectivity index (χ3v) is 6.46. The Morgan fingerprint density at radius 2 is 2.12 bits per heavy atom. The number of halogens is 1. The van der Waals surface area contributed by atoms with Crippen LogP contribution in [0.1, 0.15) is 18.9 Å². The van der Waals surface area contributed by atoms with Crippen LogP contribution in [0.5, 0.6) is 0 Å². The number of carbonyl (C=O) groups is 1. The summed E-state index contributed by atoms with van der Waals surface area (Å²) in [6.07, 6.45) is 4.06. The average molecular weight is 369 g/mol. The molecule has 1 unspecified atom stereocenters. The van der Waals surface area contributed by atoms with Gasteiger partial charge in [0.05, 0.1) is 6.20 Å². The van der Waals surface area contributed by atoms with E-state index in [-0.39, 0.29) is 18.8 Å². The molecule has 0 radical (unpaired) electrons. The molecule has 2 aromatic rings. The standard InChI is InChI=1S/C16H20FN3O4S/c1-11-13(5-4-6-14(11)17)12-9-18-20(10-12)8-7-16(2,15(21)19-22)25(3,23)24/h4-6,9-10,22H,7-8H2,1-3H3,(H,19,21). The lowest BCUT2D eigenvalue weighted by Crippen LogP contribution is -2.49. The second kappa shape index (κ2) is 6.93. The third kappa shape index (κ3) is 3.72. The van der Waals surface area contributed by atoms with Crippen molar-refractivity contribution < 1.29 is 22.8 Å². The van der Waals surface area contributed by atoms with Crippen LogP contribution in [-0.2, 0) is 21.2 Å². The highest BCUT2D eigenvalue weighted by molar-refractivity contribution is 7.92. The van der Waals surface area contributed by atoms with Crippen molar-refractivity contribution in [3.05, 3.63) is 42.0 Å². The number of hydrogen-bond acceptors (Lipinski definition) is 5. The normalized spacial score (nSPS) is 14.1. The van der Waals surface area contributed by atoms with Crippen LogP contribution in [0.25, 0.3) is 11.1 Å². The van der Waals surface area contributed by atoms with E-state index in [1.165, 1.54) is 23.2 Å². The minimum atomic E-state index is -3.77. The van der Waals surface area contributed by atoms with Crippen molar-refractivity contribution in [2.24, 2.45) is 0 Å². The van der Waals surface area contributed by atoms with Gasteiger partial charge in [-0.05, 0) is 37.5 Å². The molecule has 1 aromatic heterocycles. The largest absolute Gasteiger partial charge is 0.289 e. The molecule has 2 rings (SSSR count). The molecule has 7 nitrogen and oxygen atoms in total. The Labute approximate surface area is 145 Å². The number of hydrogen-bond donors (Lipinski definition) is 2. The minimum Gasteiger partial charge on any atom is -0.289 e. The van der Waals surface area contributed by atoms with Crippen molar-refractivity contribution in [2.45, 2.75) is 31.6 Å². The second-order valence-electron chi connectivity index (χ2n) is 6.10. The molecule has 0 aliphatic heterocycles. The number of aryl methyl sites for hydroxylation is 1. The first-order valence-electron chi connectivity index (χ1n) is 7.52. The number of amides is 1. The Bertz CT molecular complexity index is 895. The van der Waals surface area contributed by atoms with E-state index in [4.69, 9.17) is 5.21 Å². The van der Waals surface area contributed by atoms with Gasteiger partial charge in [-0.15, -0.1) is 0 Å². The first-order valence-corrected chi connectivity index (χ1v) is 9.41. The van der Waals surface area contributed by atoms with E-state index in [0.29, 0.717) is 16.7 Å². The van der Waals surface area contributed by atoms with Crippen molar-refractivity contribution in [2.75, 3.05) is 6.26 Å². The maximum atomic E-state index is 13.7. The van der Waals surface area contributed by atoms with Gasteiger partial charge in [-0.1, -0.05) is 12.1 Å². The summed E-state index contributed by atoms with van der Waals surface area (Å²) in [5.74, 6) is -1.32. The predicted molar refractivity (Wildman–Crippen MR) is 90.2 cm³/mol. The van der Waals surface area contributed by atoms with Gasteiger partial charge in [-0.2, -0.15) is 5.10 Å². The first kappa shape index (κ1) is 19.1. The fourth-order valence-corrected chi connectivity index (χ4v) is 3.30. The number of carbonyl (C=O) groups excluding carboxylic acids is 1. The minimum absolute atomic E-state index is 0.0819. The van der Waals surface area contributed by atoms with Gasteiger partial charge in [0.25, 0.3) is 5.91 Å². The summed E-state index contributed by atoms with van der Waals surface area (Å²) in [6, 6.07) is 4.73. The summed E-state index contributed by atoms with van der Waals surface area (Å²) in [5.41, 5.74) is 3.26. The van der Waals surface area contributed by atoms with Crippen molar-refractivity contribution in [1.82, 2.24) is 15.3 Å². The Morgan fingerprint density at radius 1 is 1.44 bits per heavy atom. The average Bonchev–Trinajstić information content (AvgIpc) is 3.02. The summed E-state index contributed by atoms with van der Waals surface area (Å²) in [5, 5.41) is 13.0. The molecule has 0 fully saturated rings. The summed E-state index contributed by atoms with van der Waals surface area (Å²) < 4.78 is 37.2. The smallest absolute Gasteiger partial charge is 0.264 e. The zero-order valence-corrected chi connectivity index (χ0v) is 15.0. The van der Waals surface area contributed by atoms with E-state index >= 15 is 0 Å². The van der Waals surface area contributed by atoms with E-state index in [1.807, 2.05) is 0 Å². The highest BCUT2D eigenvalue weighted by Gasteiger charge is 2.43. The van der Waals surface area contributed by atoms with Crippen molar-refractivity contribution in [3.63, 3.8) is 0 Å². The Morgan fingerprint density at radius 3 is 2.72 bits per heavy atom. The van der Waals surface area contributed by atoms with E-state index in [0.717, 1.165) is 6.26 Å². The summed E-state index contributed by atoms with van der Waals surface area (Å²) >= 11 is 0. The van der Waals surface area contributed by atoms with Crippen LogP contribution in [0.2, 0.25) is 0 Å². The van der Waals surface area contributed by atoms with Gasteiger partial charge in [-0.25, -0.2) is 18.3 Å². The highest BCUT2D eigenvalue weighted by Crippen LogP contribution is 2.26. The number of nitrogens with one attached hydrogen (secondary N) is 1. The number of hydroxylamine groups is 1. The molecule has 0 spiro atoms. The van der Waals surface area contributed by atoms with E-state index < -0.39 is 20.5 Å². The quantitative estimate of drug-likeness (QED) is 0.596. The van der Waals surface area contributed by atoms with Crippen LogP contribution in [0.4, 0.5) is 4.39 Å². The van der Waals surface area contributed by atoms with Gasteiger partial charge in [0, 0.05) is 24.6 Å². The molecular formula is C16H20FN3O4S. The van der Waals surface area contributed by atoms with Crippen LogP contribution >= 0.6 is 0 Å². The fraction of sp³-hybridized carbons (Fsp3) is 0.375. The van der Waals surface area contributed by atoms with Gasteiger partial charge < -0.3 is 0 Å². The number of sulfone groups is 1. The Hall–Kier alpha value is -2.26. The zero-order chi connectivity index (χ0) is 18.8. The second-order valence-corrected chi connectivity index (χ2v) is 8.54. The molecule has 25 heavy (non-hydrogen) atoms. The SMILES string of the molecule is Cc1c(F)cccc1-c1cnn(CCC(C)(C(=O)NO)S(C)(=O)=O)c1. The summed E-state index contributed by atoms with van der Waals surface area (Å²) in [6.45, 7) is 3.04. The lowest BCUT2D eigenvalue weighted by atomic mass is 10.0. The molecule has 0 aliphatic rings. The van der Waals surface area contributed by atoms with Gasteiger partial charge in [-0.3, -0.25) is 14.7 Å². The Kier molecular flexibility index (Phi) is 5.28. The fourth-order valence-electron chi connectivity index (χ4n) is 2.46. The van der Waals surface area contributed by atoms with E-state index in [9.17, 15) is 17.6 Å². The zero-order valence-electron chi connectivity index (χ0n) is 14.2. The lowest BCUT2D eigenvalue weighted by molar-refractivity contribution is -0.131. The lowest BCUT2D eigenvalue weighted by Gasteiger charge is -2.24. The van der Waals surface area contributed by atoms with Gasteiger partial charge >= 0.3 is 0 Å². The van der Waals surface area contributed by atoms with Crippen LogP contribution in [-0.4, -0.2) is 40.3 Å². The molecule has 0 saturated carbocycles. The van der Waals surface area contributed by atoms with Crippen molar-refractivity contribution in [1.29, 1.82) is 0 Å². The van der Waals surface area contributed by atoms with E-state index in [2.05, 4.69) is 5.10 Å². The summed E-state index contributed by atoms with van der Waals surface area (Å²) in [7, 11) is -3.77. The van der Waals surface area contributed by atoms with E-state index in [1.54, 1.807) is 31.5 Å². The van der Waals surface area contributed by atoms with Crippen molar-refractivity contribution in [3.8, 4) is 11.1 Å². The number of nitrogens with zero attached hydrogens (tertiary/aromatic N) is 2. The van der Waals surface area contributed by atoms with Crippen LogP contribution in [0.3, 0.4) is 0 Å². The molecule has 9 heteroatoms. The number of aromatic nitrogens is 2. The number of benzene rings is 1. The van der Waals surface area contributed by atoms with Gasteiger partial charge in [0.15, 0.2) is 14.6 Å². The van der Waals surface area contributed by atoms with Crippen LogP contribution in [0, 0.1) is 12.7 Å². The molecule has 2 N–H and O–H groups in total. The molecule has 0 aliphatic carbocycles. The molecule has 1 aromatic carbocycles. The van der Waals surface area contributed by atoms with Gasteiger partial charge in [0.2, 0.25) is 0 Å². The molecule has 136 valence electrons. The topological polar surface area (TPSA) is 101 Å². The monoisotopic (exact) mass is 369 g/mol. The predicted octanol–water partition coefficient (Wildman–Crippen LogP) is 1.70. The van der Waals surface area contributed by atoms with Crippen molar-refractivity contribution >= 4 is 15.7 Å². The summed E-state index contributed by atoms with van der Waals surface area (Å²) in [4.78, 5) is 11.8. The maximum absolute atomic E-state index is 13.7. The molecule has 1 heterocycles. The molecule has 0 bridgehead atoms. The van der Waals surface area contributed by atoms with Crippen LogP contribution < -0.4 is 5.48 Å². The highest BCUT2D eigenvalue weighted by atomic mass is 32.2. The molecule has 0 saturated heterocycles. The Balaban J connectivity index is 2.24. The molecular weight excluding hydrogens is 349 g/mol. The third-order valence-electron chi connectivity index (χ3n) is 4.43. The maximum Gasteiger partial charge on any atom is 0.264 e. The number of rotatable bonds is 6.